The van der Waals surface area contributed by atoms with Crippen LogP contribution in [0, 0.1) is 0 Å². The SMILES string of the molecule is CC1Cc2cc(-c3ccc(CNS(N)(=O)=O)cc3)ccc2O1. The maximum atomic E-state index is 10.9. The molecule has 0 bridgehead atoms. The molecule has 0 saturated carbocycles. The van der Waals surface area contributed by atoms with Crippen LogP contribution in [0.3, 0.4) is 0 Å². The molecule has 1 unspecified atom stereocenters. The van der Waals surface area contributed by atoms with Crippen molar-refractivity contribution in [2.24, 2.45) is 5.14 Å². The summed E-state index contributed by atoms with van der Waals surface area (Å²) in [6.07, 6.45) is 1.16. The van der Waals surface area contributed by atoms with E-state index in [4.69, 9.17) is 9.88 Å². The molecule has 116 valence electrons. The molecule has 2 aromatic carbocycles. The number of hydrogen-bond donors (Lipinski definition) is 2. The largest absolute Gasteiger partial charge is 0.490 e. The van der Waals surface area contributed by atoms with Gasteiger partial charge in [0.2, 0.25) is 0 Å². The summed E-state index contributed by atoms with van der Waals surface area (Å²) in [6, 6.07) is 13.9. The van der Waals surface area contributed by atoms with E-state index in [1.165, 1.54) is 5.56 Å². The minimum Gasteiger partial charge on any atom is -0.490 e. The lowest BCUT2D eigenvalue weighted by atomic mass is 10.0. The van der Waals surface area contributed by atoms with Crippen molar-refractivity contribution in [3.05, 3.63) is 53.6 Å². The summed E-state index contributed by atoms with van der Waals surface area (Å²) in [4.78, 5) is 0. The van der Waals surface area contributed by atoms with Crippen molar-refractivity contribution in [3.8, 4) is 16.9 Å². The molecule has 3 rings (SSSR count). The van der Waals surface area contributed by atoms with E-state index < -0.39 is 10.2 Å². The molecule has 6 heteroatoms. The third-order valence-electron chi connectivity index (χ3n) is 3.66. The Kier molecular flexibility index (Phi) is 3.90. The molecule has 0 aliphatic carbocycles. The lowest BCUT2D eigenvalue weighted by molar-refractivity contribution is 0.254. The molecule has 0 spiro atoms. The highest BCUT2D eigenvalue weighted by molar-refractivity contribution is 7.87. The van der Waals surface area contributed by atoms with Crippen LogP contribution in [0.4, 0.5) is 0 Å². The fourth-order valence-electron chi connectivity index (χ4n) is 2.60. The number of rotatable bonds is 4. The van der Waals surface area contributed by atoms with Gasteiger partial charge in [-0.25, -0.2) is 5.14 Å². The Hall–Kier alpha value is -1.89. The van der Waals surface area contributed by atoms with Gasteiger partial charge in [0.05, 0.1) is 0 Å². The summed E-state index contributed by atoms with van der Waals surface area (Å²) < 4.78 is 29.7. The predicted molar refractivity (Wildman–Crippen MR) is 85.6 cm³/mol. The molecule has 1 heterocycles. The molecular formula is C16H18N2O3S. The molecule has 2 aromatic rings. The third-order valence-corrected chi connectivity index (χ3v) is 4.21. The molecule has 22 heavy (non-hydrogen) atoms. The van der Waals surface area contributed by atoms with Crippen LogP contribution in [0.5, 0.6) is 5.75 Å². The summed E-state index contributed by atoms with van der Waals surface area (Å²) >= 11 is 0. The molecule has 1 aliphatic heterocycles. The molecule has 0 saturated heterocycles. The van der Waals surface area contributed by atoms with E-state index in [1.54, 1.807) is 0 Å². The Labute approximate surface area is 130 Å². The van der Waals surface area contributed by atoms with Gasteiger partial charge in [0.1, 0.15) is 11.9 Å². The van der Waals surface area contributed by atoms with Crippen LogP contribution in [0.15, 0.2) is 42.5 Å². The van der Waals surface area contributed by atoms with Crippen molar-refractivity contribution in [2.75, 3.05) is 0 Å². The number of hydrogen-bond acceptors (Lipinski definition) is 3. The fraction of sp³-hybridized carbons (Fsp3) is 0.250. The van der Waals surface area contributed by atoms with Gasteiger partial charge in [0.25, 0.3) is 10.2 Å². The first-order valence-corrected chi connectivity index (χ1v) is 8.61. The summed E-state index contributed by atoms with van der Waals surface area (Å²) in [5.41, 5.74) is 4.30. The van der Waals surface area contributed by atoms with E-state index in [1.807, 2.05) is 36.4 Å². The summed E-state index contributed by atoms with van der Waals surface area (Å²) in [5, 5.41) is 4.92. The normalized spacial score (nSPS) is 17.1. The zero-order valence-electron chi connectivity index (χ0n) is 12.2. The predicted octanol–water partition coefficient (Wildman–Crippen LogP) is 1.97. The van der Waals surface area contributed by atoms with Crippen LogP contribution in [-0.4, -0.2) is 14.5 Å². The van der Waals surface area contributed by atoms with E-state index in [0.29, 0.717) is 0 Å². The van der Waals surface area contributed by atoms with Crippen LogP contribution in [-0.2, 0) is 23.2 Å². The second-order valence-electron chi connectivity index (χ2n) is 5.52. The van der Waals surface area contributed by atoms with Gasteiger partial charge in [-0.15, -0.1) is 0 Å². The Morgan fingerprint density at radius 3 is 2.55 bits per heavy atom. The van der Waals surface area contributed by atoms with Gasteiger partial charge in [-0.2, -0.15) is 13.1 Å². The lowest BCUT2D eigenvalue weighted by Crippen LogP contribution is -2.30. The Balaban J connectivity index is 1.77. The zero-order valence-corrected chi connectivity index (χ0v) is 13.1. The van der Waals surface area contributed by atoms with Crippen molar-refractivity contribution in [2.45, 2.75) is 26.0 Å². The minimum atomic E-state index is -3.66. The van der Waals surface area contributed by atoms with Gasteiger partial charge < -0.3 is 4.74 Å². The van der Waals surface area contributed by atoms with Gasteiger partial charge >= 0.3 is 0 Å². The van der Waals surface area contributed by atoms with Gasteiger partial charge in [0, 0.05) is 13.0 Å². The van der Waals surface area contributed by atoms with Gasteiger partial charge in [-0.3, -0.25) is 0 Å². The van der Waals surface area contributed by atoms with Gasteiger partial charge in [0.15, 0.2) is 0 Å². The number of nitrogens with one attached hydrogen (secondary N) is 1. The number of nitrogens with two attached hydrogens (primary N) is 1. The van der Waals surface area contributed by atoms with Crippen LogP contribution in [0.25, 0.3) is 11.1 Å². The first kappa shape index (κ1) is 15.0. The summed E-state index contributed by atoms with van der Waals surface area (Å²) in [5.74, 6) is 0.963. The van der Waals surface area contributed by atoms with Gasteiger partial charge in [-0.05, 0) is 41.3 Å². The fourth-order valence-corrected chi connectivity index (χ4v) is 2.97. The zero-order chi connectivity index (χ0) is 15.7. The minimum absolute atomic E-state index is 0.189. The van der Waals surface area contributed by atoms with E-state index >= 15 is 0 Å². The molecule has 0 aromatic heterocycles. The monoisotopic (exact) mass is 318 g/mol. The summed E-state index contributed by atoms with van der Waals surface area (Å²) in [7, 11) is -3.66. The van der Waals surface area contributed by atoms with Crippen molar-refractivity contribution < 1.29 is 13.2 Å². The van der Waals surface area contributed by atoms with Crippen LogP contribution < -0.4 is 14.6 Å². The van der Waals surface area contributed by atoms with Crippen LogP contribution in [0.1, 0.15) is 18.1 Å². The molecular weight excluding hydrogens is 300 g/mol. The number of benzene rings is 2. The van der Waals surface area contributed by atoms with E-state index in [0.717, 1.165) is 28.9 Å². The van der Waals surface area contributed by atoms with Gasteiger partial charge in [-0.1, -0.05) is 30.3 Å². The van der Waals surface area contributed by atoms with E-state index in [-0.39, 0.29) is 12.6 Å². The second kappa shape index (κ2) is 5.72. The highest BCUT2D eigenvalue weighted by atomic mass is 32.2. The molecule has 0 fully saturated rings. The smallest absolute Gasteiger partial charge is 0.274 e. The first-order chi connectivity index (χ1) is 10.4. The maximum absolute atomic E-state index is 10.9. The highest BCUT2D eigenvalue weighted by Crippen LogP contribution is 2.32. The molecule has 0 radical (unpaired) electrons. The topological polar surface area (TPSA) is 81.4 Å². The Morgan fingerprint density at radius 2 is 1.86 bits per heavy atom. The second-order valence-corrected chi connectivity index (χ2v) is 6.90. The molecule has 1 atom stereocenters. The molecule has 1 aliphatic rings. The molecule has 0 amide bonds. The first-order valence-electron chi connectivity index (χ1n) is 7.07. The van der Waals surface area contributed by atoms with Crippen molar-refractivity contribution in [3.63, 3.8) is 0 Å². The maximum Gasteiger partial charge on any atom is 0.274 e. The Bertz CT molecular complexity index is 786. The molecule has 5 nitrogen and oxygen atoms in total. The van der Waals surface area contributed by atoms with Crippen molar-refractivity contribution in [1.82, 2.24) is 4.72 Å². The highest BCUT2D eigenvalue weighted by Gasteiger charge is 2.19. The van der Waals surface area contributed by atoms with Crippen molar-refractivity contribution in [1.29, 1.82) is 0 Å². The number of ether oxygens (including phenoxy) is 1. The summed E-state index contributed by atoms with van der Waals surface area (Å²) in [6.45, 7) is 2.25. The van der Waals surface area contributed by atoms with E-state index in [2.05, 4.69) is 17.7 Å². The molecule has 3 N–H and O–H groups in total. The van der Waals surface area contributed by atoms with E-state index in [9.17, 15) is 8.42 Å². The Morgan fingerprint density at radius 1 is 1.18 bits per heavy atom. The standard InChI is InChI=1S/C16H18N2O3S/c1-11-8-15-9-14(6-7-16(15)21-11)13-4-2-12(3-5-13)10-18-22(17,19)20/h2-7,9,11,18H,8,10H2,1H3,(H2,17,19,20). The van der Waals surface area contributed by atoms with Crippen molar-refractivity contribution >= 4 is 10.2 Å². The average molecular weight is 318 g/mol. The average Bonchev–Trinajstić information content (AvgIpc) is 2.84. The number of fused-ring (bicyclic) bond motifs is 1. The van der Waals surface area contributed by atoms with Crippen LogP contribution in [0.2, 0.25) is 0 Å². The quantitative estimate of drug-likeness (QED) is 0.904. The van der Waals surface area contributed by atoms with Crippen LogP contribution >= 0.6 is 0 Å². The lowest BCUT2D eigenvalue weighted by Gasteiger charge is -2.07. The third kappa shape index (κ3) is 3.47.